The molecular weight excluding hydrogens is 288 g/mol. The SMILES string of the molecule is CC(=O)c1ccc(S(=O)(=O)N(C)c2cccc(C)n2)cc1. The molecule has 0 aliphatic rings. The number of aromatic nitrogens is 1. The third-order valence-electron chi connectivity index (χ3n) is 3.12. The minimum atomic E-state index is -3.69. The normalized spacial score (nSPS) is 11.2. The Morgan fingerprint density at radius 1 is 1.10 bits per heavy atom. The van der Waals surface area contributed by atoms with Gasteiger partial charge in [0.2, 0.25) is 0 Å². The van der Waals surface area contributed by atoms with E-state index >= 15 is 0 Å². The highest BCUT2D eigenvalue weighted by Crippen LogP contribution is 2.20. The van der Waals surface area contributed by atoms with Crippen LogP contribution in [0.15, 0.2) is 47.4 Å². The Morgan fingerprint density at radius 2 is 1.71 bits per heavy atom. The summed E-state index contributed by atoms with van der Waals surface area (Å²) in [6.07, 6.45) is 0. The molecule has 0 atom stereocenters. The molecule has 5 nitrogen and oxygen atoms in total. The van der Waals surface area contributed by atoms with Gasteiger partial charge in [-0.2, -0.15) is 0 Å². The maximum atomic E-state index is 12.5. The molecule has 0 saturated carbocycles. The number of carbonyl (C=O) groups is 1. The first-order valence-electron chi connectivity index (χ1n) is 6.36. The third-order valence-corrected chi connectivity index (χ3v) is 4.89. The Labute approximate surface area is 124 Å². The van der Waals surface area contributed by atoms with Crippen molar-refractivity contribution in [3.05, 3.63) is 53.7 Å². The van der Waals surface area contributed by atoms with E-state index in [-0.39, 0.29) is 10.7 Å². The minimum Gasteiger partial charge on any atom is -0.295 e. The molecule has 0 amide bonds. The summed E-state index contributed by atoms with van der Waals surface area (Å²) in [5.41, 5.74) is 1.21. The maximum Gasteiger partial charge on any atom is 0.265 e. The van der Waals surface area contributed by atoms with Crippen LogP contribution in [0.4, 0.5) is 5.82 Å². The Kier molecular flexibility index (Phi) is 4.09. The predicted molar refractivity (Wildman–Crippen MR) is 81.0 cm³/mol. The van der Waals surface area contributed by atoms with Crippen LogP contribution >= 0.6 is 0 Å². The van der Waals surface area contributed by atoms with Gasteiger partial charge in [-0.3, -0.25) is 9.10 Å². The molecule has 0 spiro atoms. The van der Waals surface area contributed by atoms with Crippen LogP contribution in [0, 0.1) is 6.92 Å². The van der Waals surface area contributed by atoms with Crippen LogP contribution < -0.4 is 4.31 Å². The molecule has 0 saturated heterocycles. The number of rotatable bonds is 4. The van der Waals surface area contributed by atoms with Crippen LogP contribution in [0.25, 0.3) is 0 Å². The number of aryl methyl sites for hydroxylation is 1. The van der Waals surface area contributed by atoms with Crippen molar-refractivity contribution in [2.45, 2.75) is 18.7 Å². The molecule has 1 heterocycles. The molecule has 0 bridgehead atoms. The first-order valence-corrected chi connectivity index (χ1v) is 7.80. The van der Waals surface area contributed by atoms with Crippen molar-refractivity contribution in [2.75, 3.05) is 11.4 Å². The standard InChI is InChI=1S/C15H16N2O3S/c1-11-5-4-6-15(16-11)17(3)21(19,20)14-9-7-13(8-10-14)12(2)18/h4-10H,1-3H3. The smallest absolute Gasteiger partial charge is 0.265 e. The zero-order chi connectivity index (χ0) is 15.6. The molecule has 0 fully saturated rings. The number of nitrogens with zero attached hydrogens (tertiary/aromatic N) is 2. The number of benzene rings is 1. The van der Waals surface area contributed by atoms with E-state index in [9.17, 15) is 13.2 Å². The van der Waals surface area contributed by atoms with Crippen molar-refractivity contribution in [3.63, 3.8) is 0 Å². The lowest BCUT2D eigenvalue weighted by Gasteiger charge is -2.18. The number of hydrogen-bond acceptors (Lipinski definition) is 4. The van der Waals surface area contributed by atoms with Crippen molar-refractivity contribution in [3.8, 4) is 0 Å². The number of ketones is 1. The Bertz CT molecular complexity index is 768. The highest BCUT2D eigenvalue weighted by atomic mass is 32.2. The quantitative estimate of drug-likeness (QED) is 0.814. The van der Waals surface area contributed by atoms with Gasteiger partial charge >= 0.3 is 0 Å². The summed E-state index contributed by atoms with van der Waals surface area (Å²) in [5, 5.41) is 0. The molecule has 2 aromatic rings. The lowest BCUT2D eigenvalue weighted by atomic mass is 10.2. The molecule has 0 N–H and O–H groups in total. The van der Waals surface area contributed by atoms with Gasteiger partial charge in [-0.05, 0) is 38.1 Å². The van der Waals surface area contributed by atoms with E-state index in [2.05, 4.69) is 4.98 Å². The van der Waals surface area contributed by atoms with E-state index in [0.29, 0.717) is 11.4 Å². The van der Waals surface area contributed by atoms with Crippen molar-refractivity contribution < 1.29 is 13.2 Å². The van der Waals surface area contributed by atoms with E-state index in [4.69, 9.17) is 0 Å². The number of pyridine rings is 1. The summed E-state index contributed by atoms with van der Waals surface area (Å²) in [5.74, 6) is 0.248. The second-order valence-corrected chi connectivity index (χ2v) is 6.66. The third kappa shape index (κ3) is 3.11. The topological polar surface area (TPSA) is 67.3 Å². The van der Waals surface area contributed by atoms with Crippen molar-refractivity contribution in [2.24, 2.45) is 0 Å². The van der Waals surface area contributed by atoms with E-state index < -0.39 is 10.0 Å². The van der Waals surface area contributed by atoms with Crippen LogP contribution in [0.3, 0.4) is 0 Å². The van der Waals surface area contributed by atoms with Crippen LogP contribution in [-0.2, 0) is 10.0 Å². The predicted octanol–water partition coefficient (Wildman–Crippen LogP) is 2.42. The number of carbonyl (C=O) groups excluding carboxylic acids is 1. The molecule has 0 aliphatic carbocycles. The largest absolute Gasteiger partial charge is 0.295 e. The second-order valence-electron chi connectivity index (χ2n) is 4.69. The van der Waals surface area contributed by atoms with Gasteiger partial charge in [0.1, 0.15) is 5.82 Å². The van der Waals surface area contributed by atoms with E-state index in [1.165, 1.54) is 38.2 Å². The molecule has 110 valence electrons. The summed E-state index contributed by atoms with van der Waals surface area (Å²) in [7, 11) is -2.24. The first kappa shape index (κ1) is 15.2. The van der Waals surface area contributed by atoms with Gasteiger partial charge in [0.15, 0.2) is 5.78 Å². The fourth-order valence-electron chi connectivity index (χ4n) is 1.85. The molecular formula is C15H16N2O3S. The van der Waals surface area contributed by atoms with Crippen LogP contribution in [0.2, 0.25) is 0 Å². The zero-order valence-corrected chi connectivity index (χ0v) is 12.9. The highest BCUT2D eigenvalue weighted by Gasteiger charge is 2.22. The van der Waals surface area contributed by atoms with Gasteiger partial charge in [-0.15, -0.1) is 0 Å². The van der Waals surface area contributed by atoms with Gasteiger partial charge in [-0.25, -0.2) is 13.4 Å². The van der Waals surface area contributed by atoms with E-state index in [1.54, 1.807) is 25.1 Å². The number of anilines is 1. The number of hydrogen-bond donors (Lipinski definition) is 0. The Morgan fingerprint density at radius 3 is 2.24 bits per heavy atom. The second kappa shape index (κ2) is 5.65. The van der Waals surface area contributed by atoms with Gasteiger partial charge in [0.05, 0.1) is 4.90 Å². The summed E-state index contributed by atoms with van der Waals surface area (Å²) in [6, 6.07) is 11.1. The summed E-state index contributed by atoms with van der Waals surface area (Å²) in [6.45, 7) is 3.23. The molecule has 21 heavy (non-hydrogen) atoms. The monoisotopic (exact) mass is 304 g/mol. The Balaban J connectivity index is 2.39. The molecule has 1 aromatic heterocycles. The molecule has 0 unspecified atom stereocenters. The lowest BCUT2D eigenvalue weighted by molar-refractivity contribution is 0.101. The van der Waals surface area contributed by atoms with E-state index in [0.717, 1.165) is 10.00 Å². The Hall–Kier alpha value is -2.21. The number of sulfonamides is 1. The molecule has 6 heteroatoms. The summed E-state index contributed by atoms with van der Waals surface area (Å²) >= 11 is 0. The molecule has 2 rings (SSSR count). The first-order chi connectivity index (χ1) is 9.82. The molecule has 0 aliphatic heterocycles. The van der Waals surface area contributed by atoms with Gasteiger partial charge in [0, 0.05) is 18.3 Å². The van der Waals surface area contributed by atoms with Gasteiger partial charge in [0.25, 0.3) is 10.0 Å². The fourth-order valence-corrected chi connectivity index (χ4v) is 2.99. The summed E-state index contributed by atoms with van der Waals surface area (Å²) in [4.78, 5) is 15.6. The number of Topliss-reactive ketones (excluding diaryl/α,β-unsaturated/α-hetero) is 1. The molecule has 1 aromatic carbocycles. The minimum absolute atomic E-state index is 0.104. The summed E-state index contributed by atoms with van der Waals surface area (Å²) < 4.78 is 26.2. The van der Waals surface area contributed by atoms with Crippen LogP contribution in [0.1, 0.15) is 23.0 Å². The average molecular weight is 304 g/mol. The zero-order valence-electron chi connectivity index (χ0n) is 12.1. The lowest BCUT2D eigenvalue weighted by Crippen LogP contribution is -2.27. The van der Waals surface area contributed by atoms with Crippen molar-refractivity contribution in [1.82, 2.24) is 4.98 Å². The van der Waals surface area contributed by atoms with Gasteiger partial charge in [-0.1, -0.05) is 18.2 Å². The van der Waals surface area contributed by atoms with Crippen LogP contribution in [-0.4, -0.2) is 26.2 Å². The van der Waals surface area contributed by atoms with Gasteiger partial charge < -0.3 is 0 Å². The van der Waals surface area contributed by atoms with Crippen molar-refractivity contribution >= 4 is 21.6 Å². The highest BCUT2D eigenvalue weighted by molar-refractivity contribution is 7.92. The van der Waals surface area contributed by atoms with Crippen LogP contribution in [0.5, 0.6) is 0 Å². The van der Waals surface area contributed by atoms with E-state index in [1.807, 2.05) is 0 Å². The van der Waals surface area contributed by atoms with Crippen molar-refractivity contribution in [1.29, 1.82) is 0 Å². The fraction of sp³-hybridized carbons (Fsp3) is 0.200. The maximum absolute atomic E-state index is 12.5. The molecule has 0 radical (unpaired) electrons. The average Bonchev–Trinajstić information content (AvgIpc) is 2.46.